The first-order valence-electron chi connectivity index (χ1n) is 7.75. The minimum Gasteiger partial charge on any atom is -0.408 e. The quantitative estimate of drug-likeness (QED) is 0.761. The fraction of sp³-hybridized carbons (Fsp3) is 0.167. The lowest BCUT2D eigenvalue weighted by molar-refractivity contribution is -0.116. The van der Waals surface area contributed by atoms with Gasteiger partial charge in [-0.05, 0) is 36.4 Å². The SMILES string of the molecule is CN(C)C(=O)c1ccc(NC(=O)Cn2c(=O)oc3cc(Cl)ccc32)cc1. The molecule has 0 unspecified atom stereocenters. The van der Waals surface area contributed by atoms with Gasteiger partial charge in [0.15, 0.2) is 5.58 Å². The summed E-state index contributed by atoms with van der Waals surface area (Å²) in [6.45, 7) is -0.203. The van der Waals surface area contributed by atoms with E-state index in [4.69, 9.17) is 16.0 Å². The molecule has 0 atom stereocenters. The molecule has 0 saturated heterocycles. The molecule has 0 aliphatic carbocycles. The molecule has 1 aromatic heterocycles. The van der Waals surface area contributed by atoms with Gasteiger partial charge in [0.1, 0.15) is 6.54 Å². The summed E-state index contributed by atoms with van der Waals surface area (Å²) in [6.07, 6.45) is 0. The van der Waals surface area contributed by atoms with E-state index in [2.05, 4.69) is 5.32 Å². The predicted octanol–water partition coefficient (Wildman–Crippen LogP) is 2.59. The molecule has 3 aromatic rings. The van der Waals surface area contributed by atoms with Gasteiger partial charge in [-0.2, -0.15) is 0 Å². The third kappa shape index (κ3) is 3.62. The number of anilines is 1. The minimum absolute atomic E-state index is 0.127. The number of carbonyl (C=O) groups is 2. The molecule has 7 nitrogen and oxygen atoms in total. The zero-order valence-corrected chi connectivity index (χ0v) is 14.9. The van der Waals surface area contributed by atoms with Crippen molar-refractivity contribution in [1.29, 1.82) is 0 Å². The summed E-state index contributed by atoms with van der Waals surface area (Å²) < 4.78 is 6.32. The average Bonchev–Trinajstić information content (AvgIpc) is 2.89. The van der Waals surface area contributed by atoms with E-state index < -0.39 is 11.7 Å². The molecule has 8 heteroatoms. The molecule has 0 bridgehead atoms. The third-order valence-corrected chi connectivity index (χ3v) is 3.99. The number of amides is 2. The fourth-order valence-corrected chi connectivity index (χ4v) is 2.65. The number of fused-ring (bicyclic) bond motifs is 1. The Balaban J connectivity index is 1.74. The number of carbonyl (C=O) groups excluding carboxylic acids is 2. The van der Waals surface area contributed by atoms with Crippen LogP contribution in [0.25, 0.3) is 11.1 Å². The third-order valence-electron chi connectivity index (χ3n) is 3.75. The number of rotatable bonds is 4. The maximum absolute atomic E-state index is 12.3. The number of aromatic nitrogens is 1. The average molecular weight is 374 g/mol. The van der Waals surface area contributed by atoms with Crippen LogP contribution in [0.3, 0.4) is 0 Å². The Morgan fingerprint density at radius 2 is 1.85 bits per heavy atom. The molecular formula is C18H16ClN3O4. The molecule has 2 amide bonds. The monoisotopic (exact) mass is 373 g/mol. The van der Waals surface area contributed by atoms with Crippen LogP contribution in [0.5, 0.6) is 0 Å². The molecule has 2 aromatic carbocycles. The van der Waals surface area contributed by atoms with Crippen molar-refractivity contribution in [1.82, 2.24) is 9.47 Å². The highest BCUT2D eigenvalue weighted by atomic mass is 35.5. The van der Waals surface area contributed by atoms with Crippen molar-refractivity contribution in [2.75, 3.05) is 19.4 Å². The molecule has 3 rings (SSSR count). The maximum atomic E-state index is 12.3. The number of halogens is 1. The minimum atomic E-state index is -0.635. The van der Waals surface area contributed by atoms with Crippen LogP contribution < -0.4 is 11.1 Å². The van der Waals surface area contributed by atoms with Gasteiger partial charge in [0.05, 0.1) is 5.52 Å². The largest absolute Gasteiger partial charge is 0.420 e. The first-order chi connectivity index (χ1) is 12.3. The van der Waals surface area contributed by atoms with Crippen molar-refractivity contribution in [2.45, 2.75) is 6.54 Å². The van der Waals surface area contributed by atoms with Gasteiger partial charge < -0.3 is 14.6 Å². The Morgan fingerprint density at radius 3 is 2.50 bits per heavy atom. The Bertz CT molecular complexity index is 1030. The van der Waals surface area contributed by atoms with E-state index in [0.717, 1.165) is 0 Å². The van der Waals surface area contributed by atoms with Gasteiger partial charge in [-0.1, -0.05) is 11.6 Å². The van der Waals surface area contributed by atoms with E-state index in [-0.39, 0.29) is 12.5 Å². The highest BCUT2D eigenvalue weighted by Gasteiger charge is 2.14. The van der Waals surface area contributed by atoms with E-state index in [9.17, 15) is 14.4 Å². The number of nitrogens with one attached hydrogen (secondary N) is 1. The van der Waals surface area contributed by atoms with Crippen LogP contribution in [0.4, 0.5) is 5.69 Å². The Labute approximate surface area is 153 Å². The second kappa shape index (κ2) is 7.05. The number of benzene rings is 2. The van der Waals surface area contributed by atoms with Gasteiger partial charge in [0.2, 0.25) is 5.91 Å². The Kier molecular flexibility index (Phi) is 4.81. The number of oxazole rings is 1. The smallest absolute Gasteiger partial charge is 0.408 e. The maximum Gasteiger partial charge on any atom is 0.420 e. The van der Waals surface area contributed by atoms with Crippen LogP contribution in [-0.4, -0.2) is 35.4 Å². The summed E-state index contributed by atoms with van der Waals surface area (Å²) in [5, 5.41) is 3.13. The zero-order valence-electron chi connectivity index (χ0n) is 14.2. The lowest BCUT2D eigenvalue weighted by Gasteiger charge is -2.11. The number of hydrogen-bond acceptors (Lipinski definition) is 4. The molecule has 0 aliphatic heterocycles. The standard InChI is InChI=1S/C18H16ClN3O4/c1-21(2)17(24)11-3-6-13(7-4-11)20-16(23)10-22-14-8-5-12(19)9-15(14)26-18(22)25/h3-9H,10H2,1-2H3,(H,20,23). The van der Waals surface area contributed by atoms with E-state index in [0.29, 0.717) is 27.4 Å². The summed E-state index contributed by atoms with van der Waals surface area (Å²) in [6, 6.07) is 11.3. The number of hydrogen-bond donors (Lipinski definition) is 1. The molecule has 26 heavy (non-hydrogen) atoms. The Morgan fingerprint density at radius 1 is 1.15 bits per heavy atom. The lowest BCUT2D eigenvalue weighted by atomic mass is 10.2. The van der Waals surface area contributed by atoms with E-state index >= 15 is 0 Å². The van der Waals surface area contributed by atoms with Crippen molar-refractivity contribution in [3.8, 4) is 0 Å². The van der Waals surface area contributed by atoms with Crippen LogP contribution in [0.2, 0.25) is 5.02 Å². The van der Waals surface area contributed by atoms with Crippen molar-refractivity contribution in [2.24, 2.45) is 0 Å². The lowest BCUT2D eigenvalue weighted by Crippen LogP contribution is -2.25. The van der Waals surface area contributed by atoms with Gasteiger partial charge in [-0.15, -0.1) is 0 Å². The van der Waals surface area contributed by atoms with E-state index in [1.165, 1.54) is 15.5 Å². The molecule has 1 heterocycles. The molecule has 0 radical (unpaired) electrons. The van der Waals surface area contributed by atoms with Gasteiger partial charge in [0.25, 0.3) is 5.91 Å². The molecule has 0 fully saturated rings. The van der Waals surface area contributed by atoms with Crippen LogP contribution in [0, 0.1) is 0 Å². The highest BCUT2D eigenvalue weighted by Crippen LogP contribution is 2.18. The first kappa shape index (κ1) is 17.8. The summed E-state index contributed by atoms with van der Waals surface area (Å²) in [7, 11) is 3.33. The Hall–Kier alpha value is -3.06. The zero-order chi connectivity index (χ0) is 18.8. The van der Waals surface area contributed by atoms with E-state index in [1.54, 1.807) is 50.5 Å². The van der Waals surface area contributed by atoms with Gasteiger partial charge in [-0.3, -0.25) is 14.2 Å². The molecule has 0 aliphatic rings. The summed E-state index contributed by atoms with van der Waals surface area (Å²) in [4.78, 5) is 37.5. The van der Waals surface area contributed by atoms with Gasteiger partial charge >= 0.3 is 5.76 Å². The second-order valence-electron chi connectivity index (χ2n) is 5.89. The van der Waals surface area contributed by atoms with Crippen LogP contribution in [0.1, 0.15) is 10.4 Å². The van der Waals surface area contributed by atoms with Crippen molar-refractivity contribution >= 4 is 40.2 Å². The van der Waals surface area contributed by atoms with Crippen LogP contribution in [0.15, 0.2) is 51.7 Å². The van der Waals surface area contributed by atoms with Gasteiger partial charge in [0, 0.05) is 36.4 Å². The van der Waals surface area contributed by atoms with Crippen molar-refractivity contribution in [3.05, 3.63) is 63.6 Å². The van der Waals surface area contributed by atoms with Crippen molar-refractivity contribution < 1.29 is 14.0 Å². The fourth-order valence-electron chi connectivity index (χ4n) is 2.49. The van der Waals surface area contributed by atoms with Crippen LogP contribution >= 0.6 is 11.6 Å². The number of nitrogens with zero attached hydrogens (tertiary/aromatic N) is 2. The summed E-state index contributed by atoms with van der Waals surface area (Å²) in [5.41, 5.74) is 1.85. The summed E-state index contributed by atoms with van der Waals surface area (Å²) >= 11 is 5.87. The topological polar surface area (TPSA) is 84.5 Å². The highest BCUT2D eigenvalue weighted by molar-refractivity contribution is 6.31. The van der Waals surface area contributed by atoms with E-state index in [1.807, 2.05) is 0 Å². The normalized spacial score (nSPS) is 10.7. The van der Waals surface area contributed by atoms with Gasteiger partial charge in [-0.25, -0.2) is 4.79 Å². The predicted molar refractivity (Wildman–Crippen MR) is 98.6 cm³/mol. The molecule has 0 saturated carbocycles. The first-order valence-corrected chi connectivity index (χ1v) is 8.13. The second-order valence-corrected chi connectivity index (χ2v) is 6.33. The molecule has 1 N–H and O–H groups in total. The summed E-state index contributed by atoms with van der Waals surface area (Å²) in [5.74, 6) is -1.15. The van der Waals surface area contributed by atoms with Crippen LogP contribution in [-0.2, 0) is 11.3 Å². The van der Waals surface area contributed by atoms with Crippen molar-refractivity contribution in [3.63, 3.8) is 0 Å². The molecule has 134 valence electrons. The molecular weight excluding hydrogens is 358 g/mol. The molecule has 0 spiro atoms.